The molecule has 10 heavy (non-hydrogen) atoms. The fourth-order valence-corrected chi connectivity index (χ4v) is 0.222. The van der Waals surface area contributed by atoms with Crippen molar-refractivity contribution in [3.05, 3.63) is 0 Å². The van der Waals surface area contributed by atoms with Crippen LogP contribution in [0.25, 0.3) is 0 Å². The molecule has 0 heterocycles. The molecule has 4 heteroatoms. The van der Waals surface area contributed by atoms with Crippen LogP contribution in [0.4, 0.5) is 0 Å². The summed E-state index contributed by atoms with van der Waals surface area (Å²) in [5.74, 6) is 0.124. The molecule has 0 aromatic rings. The third kappa shape index (κ3) is 2.72. The van der Waals surface area contributed by atoms with E-state index in [1.807, 2.05) is 6.11 Å². The summed E-state index contributed by atoms with van der Waals surface area (Å²) in [4.78, 5) is 20.6. The van der Waals surface area contributed by atoms with Gasteiger partial charge in [-0.05, 0) is 0 Å². The summed E-state index contributed by atoms with van der Waals surface area (Å²) >= 11 is 0. The van der Waals surface area contributed by atoms with E-state index >= 15 is 0 Å². The van der Waals surface area contributed by atoms with Crippen LogP contribution in [-0.4, -0.2) is 19.0 Å². The quantitative estimate of drug-likeness (QED) is 0.264. The Balaban J connectivity index is 3.81. The zero-order valence-electron chi connectivity index (χ0n) is 5.63. The van der Waals surface area contributed by atoms with Gasteiger partial charge in [-0.1, -0.05) is 5.92 Å². The molecule has 0 aliphatic carbocycles. The van der Waals surface area contributed by atoms with Crippen molar-refractivity contribution in [2.24, 2.45) is 0 Å². The summed E-state index contributed by atoms with van der Waals surface area (Å²) in [5, 5.41) is 0. The Morgan fingerprint density at radius 3 is 2.30 bits per heavy atom. The zero-order chi connectivity index (χ0) is 7.98. The van der Waals surface area contributed by atoms with Gasteiger partial charge in [-0.15, -0.1) is 0 Å². The highest BCUT2D eigenvalue weighted by Gasteiger charge is 2.13. The summed E-state index contributed by atoms with van der Waals surface area (Å²) < 4.78 is 8.10. The van der Waals surface area contributed by atoms with Crippen molar-refractivity contribution in [1.82, 2.24) is 0 Å². The summed E-state index contributed by atoms with van der Waals surface area (Å²) in [6.45, 7) is 1.48. The molecule has 0 N–H and O–H groups in total. The molecule has 0 rings (SSSR count). The average Bonchev–Trinajstić information content (AvgIpc) is 1.98. The van der Waals surface area contributed by atoms with E-state index in [4.69, 9.17) is 0 Å². The van der Waals surface area contributed by atoms with E-state index in [2.05, 4.69) is 15.4 Å². The minimum absolute atomic E-state index is 1.05. The molecule has 0 spiro atoms. The van der Waals surface area contributed by atoms with Gasteiger partial charge in [-0.3, -0.25) is 0 Å². The van der Waals surface area contributed by atoms with Gasteiger partial charge in [0.15, 0.2) is 0 Å². The van der Waals surface area contributed by atoms with Gasteiger partial charge in [-0.2, -0.15) is 0 Å². The largest absolute Gasteiger partial charge is 0.461 e. The van der Waals surface area contributed by atoms with Crippen LogP contribution in [0.5, 0.6) is 0 Å². The van der Waals surface area contributed by atoms with Crippen LogP contribution in [0.2, 0.25) is 0 Å². The minimum Gasteiger partial charge on any atom is -0.461 e. The number of hydrogen-bond donors (Lipinski definition) is 0. The normalized spacial score (nSPS) is 7.00. The molecule has 54 valence electrons. The van der Waals surface area contributed by atoms with Crippen molar-refractivity contribution >= 4 is 11.9 Å². The first-order chi connectivity index (χ1) is 4.72. The van der Waals surface area contributed by atoms with Gasteiger partial charge in [0.1, 0.15) is 6.11 Å². The lowest BCUT2D eigenvalue weighted by atomic mass is 10.7. The van der Waals surface area contributed by atoms with E-state index in [1.165, 1.54) is 6.92 Å². The van der Waals surface area contributed by atoms with Crippen molar-refractivity contribution in [2.75, 3.05) is 7.11 Å². The van der Waals surface area contributed by atoms with Crippen LogP contribution < -0.4 is 0 Å². The smallest absolute Gasteiger partial charge is 0.431 e. The molecule has 0 aromatic heterocycles. The number of carbonyl (C=O) groups excluding carboxylic acids is 2. The topological polar surface area (TPSA) is 52.6 Å². The molecule has 0 bridgehead atoms. The van der Waals surface area contributed by atoms with Gasteiger partial charge in [0, 0.05) is 6.92 Å². The summed E-state index contributed by atoms with van der Waals surface area (Å²) in [5.41, 5.74) is 0. The van der Waals surface area contributed by atoms with Crippen molar-refractivity contribution in [1.29, 1.82) is 0 Å². The lowest BCUT2D eigenvalue weighted by Crippen LogP contribution is -2.16. The molecular weight excluding hydrogens is 136 g/mol. The molecular formula is C6H6O4. The predicted molar refractivity (Wildman–Crippen MR) is 31.6 cm³/mol. The van der Waals surface area contributed by atoms with Gasteiger partial charge in [0.2, 0.25) is 0 Å². The maximum absolute atomic E-state index is 10.3. The minimum atomic E-state index is -1.10. The molecule has 0 saturated carbocycles. The monoisotopic (exact) mass is 142 g/mol. The molecule has 4 nitrogen and oxygen atoms in total. The average molecular weight is 142 g/mol. The number of carbonyl (C=O) groups is 2. The Morgan fingerprint density at radius 1 is 1.30 bits per heavy atom. The Morgan fingerprint density at radius 2 is 1.90 bits per heavy atom. The van der Waals surface area contributed by atoms with Crippen molar-refractivity contribution in [2.45, 2.75) is 6.92 Å². The maximum Gasteiger partial charge on any atom is 0.431 e. The number of hydrogen-bond acceptors (Lipinski definition) is 4. The van der Waals surface area contributed by atoms with Gasteiger partial charge >= 0.3 is 11.9 Å². The molecule has 0 aromatic carbocycles. The van der Waals surface area contributed by atoms with E-state index in [1.54, 1.807) is 0 Å². The molecule has 0 saturated heterocycles. The second kappa shape index (κ2) is 4.39. The van der Waals surface area contributed by atoms with Crippen LogP contribution in [0.1, 0.15) is 6.92 Å². The molecule has 0 atom stereocenters. The predicted octanol–water partition coefficient (Wildman–Crippen LogP) is -0.317. The van der Waals surface area contributed by atoms with Crippen LogP contribution in [0, 0.1) is 12.0 Å². The molecule has 0 aliphatic heterocycles. The SMILES string of the molecule is CC#COC(=O)C(=O)OC. The van der Waals surface area contributed by atoms with E-state index < -0.39 is 11.9 Å². The van der Waals surface area contributed by atoms with Crippen LogP contribution in [0.3, 0.4) is 0 Å². The Bertz CT molecular complexity index is 196. The highest BCUT2D eigenvalue weighted by atomic mass is 16.6. The third-order valence-corrected chi connectivity index (χ3v) is 0.598. The summed E-state index contributed by atoms with van der Waals surface area (Å²) in [7, 11) is 1.09. The first-order valence-corrected chi connectivity index (χ1v) is 2.43. The van der Waals surface area contributed by atoms with Gasteiger partial charge in [0.05, 0.1) is 7.11 Å². The number of rotatable bonds is 0. The van der Waals surface area contributed by atoms with Crippen LogP contribution >= 0.6 is 0 Å². The van der Waals surface area contributed by atoms with Crippen LogP contribution in [-0.2, 0) is 19.1 Å². The van der Waals surface area contributed by atoms with Crippen molar-refractivity contribution < 1.29 is 19.1 Å². The second-order valence-electron chi connectivity index (χ2n) is 1.23. The summed E-state index contributed by atoms with van der Waals surface area (Å²) in [6.07, 6.45) is 1.96. The highest BCUT2D eigenvalue weighted by molar-refractivity contribution is 6.29. The summed E-state index contributed by atoms with van der Waals surface area (Å²) in [6, 6.07) is 0. The Kier molecular flexibility index (Phi) is 3.73. The number of ether oxygens (including phenoxy) is 2. The number of esters is 2. The number of methoxy groups -OCH3 is 1. The van der Waals surface area contributed by atoms with Crippen molar-refractivity contribution in [3.63, 3.8) is 0 Å². The molecule has 0 unspecified atom stereocenters. The molecule has 0 aliphatic rings. The lowest BCUT2D eigenvalue weighted by molar-refractivity contribution is -0.161. The van der Waals surface area contributed by atoms with E-state index in [-0.39, 0.29) is 0 Å². The molecule has 0 amide bonds. The van der Waals surface area contributed by atoms with Gasteiger partial charge in [0.25, 0.3) is 0 Å². The van der Waals surface area contributed by atoms with Gasteiger partial charge in [-0.25, -0.2) is 9.59 Å². The standard InChI is InChI=1S/C6H6O4/c1-3-4-10-6(8)5(7)9-2/h1-2H3. The fraction of sp³-hybridized carbons (Fsp3) is 0.333. The highest BCUT2D eigenvalue weighted by Crippen LogP contribution is 1.78. The van der Waals surface area contributed by atoms with E-state index in [0.717, 1.165) is 7.11 Å². The van der Waals surface area contributed by atoms with Crippen molar-refractivity contribution in [3.8, 4) is 12.0 Å². The first kappa shape index (κ1) is 8.50. The van der Waals surface area contributed by atoms with E-state index in [9.17, 15) is 9.59 Å². The first-order valence-electron chi connectivity index (χ1n) is 2.43. The molecule has 0 radical (unpaired) electrons. The zero-order valence-corrected chi connectivity index (χ0v) is 5.63. The third-order valence-electron chi connectivity index (χ3n) is 0.598. The lowest BCUT2D eigenvalue weighted by Gasteiger charge is -1.91. The fourth-order valence-electron chi connectivity index (χ4n) is 0.222. The second-order valence-corrected chi connectivity index (χ2v) is 1.23. The van der Waals surface area contributed by atoms with E-state index in [0.29, 0.717) is 0 Å². The Hall–Kier alpha value is -1.50. The maximum atomic E-state index is 10.3. The molecule has 0 fully saturated rings. The van der Waals surface area contributed by atoms with Gasteiger partial charge < -0.3 is 9.47 Å². The van der Waals surface area contributed by atoms with Crippen LogP contribution in [0.15, 0.2) is 0 Å². The Labute approximate surface area is 58.1 Å².